The summed E-state index contributed by atoms with van der Waals surface area (Å²) < 4.78 is 16.6. The first-order valence-electron chi connectivity index (χ1n) is 10.0. The molecule has 30 heavy (non-hydrogen) atoms. The minimum atomic E-state index is -0.430. The number of methoxy groups -OCH3 is 1. The first kappa shape index (κ1) is 23.1. The summed E-state index contributed by atoms with van der Waals surface area (Å²) in [6, 6.07) is 12.7. The topological polar surface area (TPSA) is 85.9 Å². The zero-order chi connectivity index (χ0) is 21.9. The van der Waals surface area contributed by atoms with E-state index in [1.807, 2.05) is 45.0 Å². The summed E-state index contributed by atoms with van der Waals surface area (Å²) in [5, 5.41) is 0. The van der Waals surface area contributed by atoms with Crippen molar-refractivity contribution in [3.8, 4) is 17.2 Å². The third-order valence-corrected chi connectivity index (χ3v) is 4.16. The molecule has 2 rings (SSSR count). The molecule has 0 fully saturated rings. The van der Waals surface area contributed by atoms with E-state index in [0.717, 1.165) is 17.7 Å². The number of rotatable bonds is 10. The lowest BCUT2D eigenvalue weighted by molar-refractivity contribution is -0.122. The van der Waals surface area contributed by atoms with Crippen LogP contribution in [0, 0.1) is 6.92 Å². The van der Waals surface area contributed by atoms with Crippen LogP contribution in [0.25, 0.3) is 0 Å². The van der Waals surface area contributed by atoms with Crippen LogP contribution in [0.1, 0.15) is 49.0 Å². The van der Waals surface area contributed by atoms with E-state index >= 15 is 0 Å². The quantitative estimate of drug-likeness (QED) is 0.456. The van der Waals surface area contributed by atoms with E-state index in [9.17, 15) is 9.59 Å². The number of hydrazine groups is 1. The van der Waals surface area contributed by atoms with Crippen molar-refractivity contribution in [2.24, 2.45) is 0 Å². The van der Waals surface area contributed by atoms with Crippen molar-refractivity contribution in [3.05, 3.63) is 53.6 Å². The first-order chi connectivity index (χ1) is 14.4. The van der Waals surface area contributed by atoms with Crippen LogP contribution in [0.4, 0.5) is 0 Å². The van der Waals surface area contributed by atoms with Crippen LogP contribution in [-0.4, -0.2) is 31.6 Å². The molecule has 0 atom stereocenters. The Hall–Kier alpha value is -3.22. The zero-order valence-electron chi connectivity index (χ0n) is 18.0. The molecule has 0 spiro atoms. The summed E-state index contributed by atoms with van der Waals surface area (Å²) in [6.45, 7) is 6.36. The number of amides is 2. The average Bonchev–Trinajstić information content (AvgIpc) is 2.71. The van der Waals surface area contributed by atoms with E-state index in [4.69, 9.17) is 14.2 Å². The van der Waals surface area contributed by atoms with Gasteiger partial charge in [0, 0.05) is 12.0 Å². The molecular weight excluding hydrogens is 384 g/mol. The molecule has 0 saturated heterocycles. The van der Waals surface area contributed by atoms with Crippen molar-refractivity contribution in [2.75, 3.05) is 13.7 Å². The van der Waals surface area contributed by atoms with E-state index in [1.165, 1.54) is 7.11 Å². The molecule has 2 N–H and O–H groups in total. The number of hydrogen-bond donors (Lipinski definition) is 2. The molecule has 2 aromatic rings. The summed E-state index contributed by atoms with van der Waals surface area (Å²) in [4.78, 5) is 24.2. The van der Waals surface area contributed by atoms with Gasteiger partial charge < -0.3 is 14.2 Å². The van der Waals surface area contributed by atoms with Gasteiger partial charge in [0.25, 0.3) is 5.91 Å². The SMILES string of the molecule is COc1cc(C(=O)NNC(=O)CCCCOc2cccc(C)c2)ccc1OC(C)C. The van der Waals surface area contributed by atoms with Crippen LogP contribution in [0.5, 0.6) is 17.2 Å². The molecule has 0 aliphatic heterocycles. The lowest BCUT2D eigenvalue weighted by Crippen LogP contribution is -2.41. The smallest absolute Gasteiger partial charge is 0.269 e. The van der Waals surface area contributed by atoms with Gasteiger partial charge >= 0.3 is 0 Å². The van der Waals surface area contributed by atoms with Gasteiger partial charge in [-0.25, -0.2) is 0 Å². The van der Waals surface area contributed by atoms with Gasteiger partial charge in [-0.3, -0.25) is 20.4 Å². The Morgan fingerprint density at radius 2 is 1.80 bits per heavy atom. The number of hydrogen-bond acceptors (Lipinski definition) is 5. The fraction of sp³-hybridized carbons (Fsp3) is 0.391. The average molecular weight is 415 g/mol. The standard InChI is InChI=1S/C23H30N2O5/c1-16(2)30-20-12-11-18(15-21(20)28-4)23(27)25-24-22(26)10-5-6-13-29-19-9-7-8-17(3)14-19/h7-9,11-12,14-16H,5-6,10,13H2,1-4H3,(H,24,26)(H,25,27). The van der Waals surface area contributed by atoms with E-state index in [2.05, 4.69) is 10.9 Å². The van der Waals surface area contributed by atoms with Crippen LogP contribution >= 0.6 is 0 Å². The Labute approximate surface area is 177 Å². The van der Waals surface area contributed by atoms with Crippen molar-refractivity contribution >= 4 is 11.8 Å². The second-order valence-corrected chi connectivity index (χ2v) is 7.16. The van der Waals surface area contributed by atoms with Crippen LogP contribution < -0.4 is 25.1 Å². The van der Waals surface area contributed by atoms with Crippen molar-refractivity contribution in [3.63, 3.8) is 0 Å². The minimum Gasteiger partial charge on any atom is -0.494 e. The first-order valence-corrected chi connectivity index (χ1v) is 10.0. The Bertz CT molecular complexity index is 851. The van der Waals surface area contributed by atoms with Gasteiger partial charge in [0.05, 0.1) is 19.8 Å². The summed E-state index contributed by atoms with van der Waals surface area (Å²) in [5.41, 5.74) is 6.34. The normalized spacial score (nSPS) is 10.4. The third-order valence-electron chi connectivity index (χ3n) is 4.16. The lowest BCUT2D eigenvalue weighted by atomic mass is 10.2. The van der Waals surface area contributed by atoms with Crippen molar-refractivity contribution in [1.82, 2.24) is 10.9 Å². The maximum Gasteiger partial charge on any atom is 0.269 e. The highest BCUT2D eigenvalue weighted by molar-refractivity contribution is 5.96. The second kappa shape index (κ2) is 11.7. The van der Waals surface area contributed by atoms with Crippen molar-refractivity contribution in [1.29, 1.82) is 0 Å². The molecular formula is C23H30N2O5. The zero-order valence-corrected chi connectivity index (χ0v) is 18.0. The Kier molecular flexibility index (Phi) is 9.00. The molecule has 162 valence electrons. The molecule has 0 aromatic heterocycles. The van der Waals surface area contributed by atoms with Crippen LogP contribution in [-0.2, 0) is 4.79 Å². The molecule has 0 heterocycles. The molecule has 0 bridgehead atoms. The Balaban J connectivity index is 1.70. The highest BCUT2D eigenvalue weighted by Crippen LogP contribution is 2.28. The number of carbonyl (C=O) groups is 2. The van der Waals surface area contributed by atoms with Gasteiger partial charge in [-0.05, 0) is 69.5 Å². The molecule has 2 aromatic carbocycles. The van der Waals surface area contributed by atoms with Crippen molar-refractivity contribution in [2.45, 2.75) is 46.1 Å². The fourth-order valence-corrected chi connectivity index (χ4v) is 2.70. The number of aryl methyl sites for hydroxylation is 1. The molecule has 7 heteroatoms. The molecule has 0 radical (unpaired) electrons. The predicted molar refractivity (Wildman–Crippen MR) is 115 cm³/mol. The molecule has 2 amide bonds. The van der Waals surface area contributed by atoms with Gasteiger partial charge in [-0.1, -0.05) is 12.1 Å². The van der Waals surface area contributed by atoms with Crippen molar-refractivity contribution < 1.29 is 23.8 Å². The summed E-state index contributed by atoms with van der Waals surface area (Å²) in [7, 11) is 1.51. The monoisotopic (exact) mass is 414 g/mol. The second-order valence-electron chi connectivity index (χ2n) is 7.16. The number of benzene rings is 2. The molecule has 0 saturated carbocycles. The minimum absolute atomic E-state index is 0.0138. The van der Waals surface area contributed by atoms with E-state index in [0.29, 0.717) is 36.5 Å². The van der Waals surface area contributed by atoms with E-state index in [1.54, 1.807) is 18.2 Å². The van der Waals surface area contributed by atoms with E-state index < -0.39 is 5.91 Å². The molecule has 0 aliphatic rings. The lowest BCUT2D eigenvalue weighted by Gasteiger charge is -2.14. The van der Waals surface area contributed by atoms with Gasteiger partial charge in [0.1, 0.15) is 5.75 Å². The van der Waals surface area contributed by atoms with Gasteiger partial charge in [0.2, 0.25) is 5.91 Å². The van der Waals surface area contributed by atoms with E-state index in [-0.39, 0.29) is 12.0 Å². The van der Waals surface area contributed by atoms with Crippen LogP contribution in [0.2, 0.25) is 0 Å². The third kappa shape index (κ3) is 7.66. The fourth-order valence-electron chi connectivity index (χ4n) is 2.70. The predicted octanol–water partition coefficient (Wildman–Crippen LogP) is 3.80. The number of carbonyl (C=O) groups excluding carboxylic acids is 2. The highest BCUT2D eigenvalue weighted by Gasteiger charge is 2.13. The van der Waals surface area contributed by atoms with Crippen LogP contribution in [0.3, 0.4) is 0 Å². The summed E-state index contributed by atoms with van der Waals surface area (Å²) in [5.74, 6) is 1.15. The van der Waals surface area contributed by atoms with Crippen LogP contribution in [0.15, 0.2) is 42.5 Å². The maximum atomic E-state index is 12.3. The summed E-state index contributed by atoms with van der Waals surface area (Å²) in [6.07, 6.45) is 1.68. The number of nitrogens with one attached hydrogen (secondary N) is 2. The molecule has 7 nitrogen and oxygen atoms in total. The summed E-state index contributed by atoms with van der Waals surface area (Å²) >= 11 is 0. The van der Waals surface area contributed by atoms with Gasteiger partial charge in [-0.15, -0.1) is 0 Å². The number of ether oxygens (including phenoxy) is 3. The molecule has 0 aliphatic carbocycles. The Morgan fingerprint density at radius 1 is 1.00 bits per heavy atom. The molecule has 0 unspecified atom stereocenters. The maximum absolute atomic E-state index is 12.3. The van der Waals surface area contributed by atoms with Gasteiger partial charge in [-0.2, -0.15) is 0 Å². The highest BCUT2D eigenvalue weighted by atomic mass is 16.5. The number of unbranched alkanes of at least 4 members (excludes halogenated alkanes) is 1. The van der Waals surface area contributed by atoms with Gasteiger partial charge in [0.15, 0.2) is 11.5 Å². The largest absolute Gasteiger partial charge is 0.494 e. The Morgan fingerprint density at radius 3 is 2.50 bits per heavy atom.